The molecule has 0 N–H and O–H groups in total. The number of hydrogen-bond donors (Lipinski definition) is 0. The van der Waals surface area contributed by atoms with E-state index in [1.807, 2.05) is 19.0 Å². The van der Waals surface area contributed by atoms with E-state index < -0.39 is 0 Å². The van der Waals surface area contributed by atoms with Crippen molar-refractivity contribution in [3.63, 3.8) is 0 Å². The summed E-state index contributed by atoms with van der Waals surface area (Å²) in [6.45, 7) is 2.36. The molecule has 0 unspecified atom stereocenters. The molecule has 0 aromatic carbocycles. The molecule has 0 aromatic rings. The van der Waals surface area contributed by atoms with Crippen LogP contribution in [0.4, 0.5) is 0 Å². The lowest BCUT2D eigenvalue weighted by molar-refractivity contribution is -0.642. The maximum absolute atomic E-state index is 12.2. The summed E-state index contributed by atoms with van der Waals surface area (Å²) >= 11 is 0. The first-order chi connectivity index (χ1) is 7.15. The average Bonchev–Trinajstić information content (AvgIpc) is 2.27. The third-order valence-electron chi connectivity index (χ3n) is 7.23. The predicted molar refractivity (Wildman–Crippen MR) is 54.8 cm³/mol. The molecule has 0 heterocycles. The van der Waals surface area contributed by atoms with E-state index in [4.69, 9.17) is 0 Å². The molecule has 80 valence electrons. The smallest absolute Gasteiger partial charge is 0.229 e. The Labute approximate surface area is 90.0 Å². The number of nitrogens with zero attached hydrogens (tertiary/aromatic N) is 1. The first-order valence-corrected chi connectivity index (χ1v) is 6.36. The molecule has 2 nitrogen and oxygen atoms in total. The lowest BCUT2D eigenvalue weighted by Gasteiger charge is -3.11. The zero-order chi connectivity index (χ0) is 10.3. The van der Waals surface area contributed by atoms with Crippen LogP contribution >= 0.6 is 0 Å². The highest BCUT2D eigenvalue weighted by Gasteiger charge is 3.10. The largest absolute Gasteiger partial charge is 0.348 e. The minimum absolute atomic E-state index is 0.209. The van der Waals surface area contributed by atoms with Crippen LogP contribution in [0.1, 0.15) is 13.3 Å². The molecule has 6 fully saturated rings. The van der Waals surface area contributed by atoms with Crippen LogP contribution in [0.5, 0.6) is 0 Å². The van der Waals surface area contributed by atoms with Gasteiger partial charge in [-0.25, -0.2) is 0 Å². The molecule has 15 heavy (non-hydrogen) atoms. The molecule has 0 spiro atoms. The van der Waals surface area contributed by atoms with Crippen molar-refractivity contribution in [2.24, 2.45) is 46.3 Å². The first kappa shape index (κ1) is 7.70. The van der Waals surface area contributed by atoms with Gasteiger partial charge in [-0.1, -0.05) is 6.92 Å². The highest BCUT2D eigenvalue weighted by atomic mass is 16.2. The van der Waals surface area contributed by atoms with E-state index >= 15 is 0 Å². The van der Waals surface area contributed by atoms with Crippen molar-refractivity contribution in [1.29, 1.82) is 0 Å². The highest BCUT2D eigenvalue weighted by Crippen LogP contribution is 3.10. The standard InChI is InChI=1S/C13H17NO/c1-4-12-5-8-6(12)10-7(12)9(5)13(8,10)11(15)14(2)3/h5-10H,4H2,1-3H3. The SMILES string of the molecule is CCC12C3C4C1C1C2C3C41C(=O)N(C)C. The van der Waals surface area contributed by atoms with E-state index in [0.717, 1.165) is 40.9 Å². The van der Waals surface area contributed by atoms with Crippen LogP contribution in [-0.2, 0) is 4.79 Å². The predicted octanol–water partition coefficient (Wildman–Crippen LogP) is 1.22. The summed E-state index contributed by atoms with van der Waals surface area (Å²) < 4.78 is 0. The van der Waals surface area contributed by atoms with E-state index in [0.29, 0.717) is 5.91 Å². The second kappa shape index (κ2) is 1.57. The van der Waals surface area contributed by atoms with Crippen LogP contribution in [-0.4, -0.2) is 24.9 Å². The normalized spacial score (nSPS) is 72.7. The maximum atomic E-state index is 12.2. The van der Waals surface area contributed by atoms with Gasteiger partial charge in [-0.15, -0.1) is 0 Å². The van der Waals surface area contributed by atoms with Crippen molar-refractivity contribution in [2.75, 3.05) is 14.1 Å². The van der Waals surface area contributed by atoms with Gasteiger partial charge in [0.25, 0.3) is 0 Å². The molecule has 0 aliphatic heterocycles. The van der Waals surface area contributed by atoms with Gasteiger partial charge in [-0.05, 0) is 47.3 Å². The molecule has 6 saturated carbocycles. The van der Waals surface area contributed by atoms with Gasteiger partial charge in [0, 0.05) is 14.1 Å². The van der Waals surface area contributed by atoms with Crippen LogP contribution in [0.15, 0.2) is 0 Å². The number of amides is 1. The van der Waals surface area contributed by atoms with Gasteiger partial charge in [0.2, 0.25) is 5.91 Å². The molecule has 0 bridgehead atoms. The van der Waals surface area contributed by atoms with E-state index in [1.54, 1.807) is 0 Å². The number of rotatable bonds is 2. The van der Waals surface area contributed by atoms with Crippen molar-refractivity contribution in [3.05, 3.63) is 0 Å². The van der Waals surface area contributed by atoms with Gasteiger partial charge < -0.3 is 4.90 Å². The Hall–Kier alpha value is -0.530. The molecule has 0 aromatic heterocycles. The molecule has 1 amide bonds. The fourth-order valence-corrected chi connectivity index (χ4v) is 7.27. The van der Waals surface area contributed by atoms with Crippen LogP contribution in [0.25, 0.3) is 0 Å². The Kier molecular flexibility index (Phi) is 0.808. The molecule has 6 aliphatic carbocycles. The topological polar surface area (TPSA) is 20.3 Å². The number of carbonyl (C=O) groups excluding carboxylic acids is 1. The first-order valence-electron chi connectivity index (χ1n) is 6.36. The Bertz CT molecular complexity index is 371. The van der Waals surface area contributed by atoms with E-state index in [2.05, 4.69) is 6.92 Å². The molecular formula is C13H17NO. The second-order valence-corrected chi connectivity index (χ2v) is 6.75. The summed E-state index contributed by atoms with van der Waals surface area (Å²) in [6, 6.07) is 0. The number of carbonyl (C=O) groups is 1. The average molecular weight is 203 g/mol. The van der Waals surface area contributed by atoms with Crippen molar-refractivity contribution < 1.29 is 4.79 Å². The molecular weight excluding hydrogens is 186 g/mol. The quantitative estimate of drug-likeness (QED) is 0.661. The minimum atomic E-state index is 0.209. The Balaban J connectivity index is 1.56. The fraction of sp³-hybridized carbons (Fsp3) is 0.923. The minimum Gasteiger partial charge on any atom is -0.348 e. The van der Waals surface area contributed by atoms with Crippen LogP contribution < -0.4 is 0 Å². The lowest BCUT2D eigenvalue weighted by atomic mass is 8.92. The van der Waals surface area contributed by atoms with Gasteiger partial charge in [0.1, 0.15) is 0 Å². The maximum Gasteiger partial charge on any atom is 0.229 e. The third-order valence-corrected chi connectivity index (χ3v) is 7.23. The van der Waals surface area contributed by atoms with E-state index in [9.17, 15) is 4.79 Å². The molecule has 0 saturated heterocycles. The zero-order valence-corrected chi connectivity index (χ0v) is 9.53. The summed E-state index contributed by atoms with van der Waals surface area (Å²) in [6.07, 6.45) is 1.39. The second-order valence-electron chi connectivity index (χ2n) is 6.75. The molecule has 0 atom stereocenters. The van der Waals surface area contributed by atoms with Gasteiger partial charge in [-0.3, -0.25) is 4.79 Å². The lowest BCUT2D eigenvalue weighted by Crippen LogP contribution is -3.11. The Morgan fingerprint density at radius 2 is 1.53 bits per heavy atom. The van der Waals surface area contributed by atoms with Gasteiger partial charge in [-0.2, -0.15) is 0 Å². The summed E-state index contributed by atoms with van der Waals surface area (Å²) in [5.74, 6) is 5.96. The third kappa shape index (κ3) is 0.337. The van der Waals surface area contributed by atoms with Gasteiger partial charge >= 0.3 is 0 Å². The summed E-state index contributed by atoms with van der Waals surface area (Å²) in [5, 5.41) is 0. The summed E-state index contributed by atoms with van der Waals surface area (Å²) in [5.41, 5.74) is 0.995. The molecule has 2 heteroatoms. The van der Waals surface area contributed by atoms with Crippen molar-refractivity contribution in [2.45, 2.75) is 13.3 Å². The highest BCUT2D eigenvalue weighted by molar-refractivity contribution is 5.92. The number of hydrogen-bond acceptors (Lipinski definition) is 1. The molecule has 6 aliphatic rings. The Morgan fingerprint density at radius 1 is 1.07 bits per heavy atom. The monoisotopic (exact) mass is 203 g/mol. The molecule has 0 radical (unpaired) electrons. The van der Waals surface area contributed by atoms with E-state index in [-0.39, 0.29) is 5.41 Å². The Morgan fingerprint density at radius 3 is 1.87 bits per heavy atom. The van der Waals surface area contributed by atoms with Gasteiger partial charge in [0.15, 0.2) is 0 Å². The van der Waals surface area contributed by atoms with Crippen molar-refractivity contribution >= 4 is 5.91 Å². The van der Waals surface area contributed by atoms with Crippen molar-refractivity contribution in [1.82, 2.24) is 4.90 Å². The summed E-state index contributed by atoms with van der Waals surface area (Å²) in [7, 11) is 3.86. The van der Waals surface area contributed by atoms with Gasteiger partial charge in [0.05, 0.1) is 5.41 Å². The van der Waals surface area contributed by atoms with Crippen LogP contribution in [0.2, 0.25) is 0 Å². The van der Waals surface area contributed by atoms with Crippen LogP contribution in [0, 0.1) is 46.3 Å². The van der Waals surface area contributed by atoms with Crippen LogP contribution in [0.3, 0.4) is 0 Å². The van der Waals surface area contributed by atoms with E-state index in [1.165, 1.54) is 6.42 Å². The molecule has 6 rings (SSSR count). The van der Waals surface area contributed by atoms with Crippen molar-refractivity contribution in [3.8, 4) is 0 Å². The summed E-state index contributed by atoms with van der Waals surface area (Å²) in [4.78, 5) is 14.1. The fourth-order valence-electron chi connectivity index (χ4n) is 7.27. The zero-order valence-electron chi connectivity index (χ0n) is 9.53.